The third-order valence-electron chi connectivity index (χ3n) is 2.68. The van der Waals surface area contributed by atoms with Crippen molar-refractivity contribution in [2.24, 2.45) is 5.41 Å². The van der Waals surface area contributed by atoms with Gasteiger partial charge in [0.15, 0.2) is 0 Å². The Bertz CT molecular complexity index is 420. The zero-order chi connectivity index (χ0) is 12.2. The molecular formula is C12H17NO3. The van der Waals surface area contributed by atoms with E-state index < -0.39 is 11.4 Å². The van der Waals surface area contributed by atoms with Crippen LogP contribution in [-0.4, -0.2) is 15.6 Å². The monoisotopic (exact) mass is 223 g/mol. The van der Waals surface area contributed by atoms with Crippen LogP contribution in [0.2, 0.25) is 0 Å². The molecule has 0 bridgehead atoms. The molecule has 0 aromatic carbocycles. The van der Waals surface area contributed by atoms with Gasteiger partial charge < -0.3 is 9.67 Å². The second-order valence-corrected chi connectivity index (χ2v) is 4.52. The van der Waals surface area contributed by atoms with Crippen LogP contribution >= 0.6 is 0 Å². The van der Waals surface area contributed by atoms with E-state index in [4.69, 9.17) is 5.11 Å². The summed E-state index contributed by atoms with van der Waals surface area (Å²) in [6.45, 7) is 3.96. The quantitative estimate of drug-likeness (QED) is 0.827. The molecule has 0 amide bonds. The lowest BCUT2D eigenvalue weighted by Crippen LogP contribution is -2.25. The van der Waals surface area contributed by atoms with E-state index in [2.05, 4.69) is 0 Å². The molecule has 1 rings (SSSR count). The molecular weight excluding hydrogens is 206 g/mol. The number of nitrogens with zero attached hydrogens (tertiary/aromatic N) is 1. The van der Waals surface area contributed by atoms with Crippen molar-refractivity contribution in [2.75, 3.05) is 0 Å². The molecule has 0 atom stereocenters. The number of hydrogen-bond donors (Lipinski definition) is 1. The van der Waals surface area contributed by atoms with Crippen molar-refractivity contribution in [1.29, 1.82) is 0 Å². The van der Waals surface area contributed by atoms with Crippen molar-refractivity contribution in [3.05, 3.63) is 34.7 Å². The van der Waals surface area contributed by atoms with Crippen LogP contribution in [0.3, 0.4) is 0 Å². The van der Waals surface area contributed by atoms with E-state index in [0.717, 1.165) is 0 Å². The number of carboxylic acids is 1. The van der Waals surface area contributed by atoms with Gasteiger partial charge in [0.1, 0.15) is 0 Å². The van der Waals surface area contributed by atoms with Gasteiger partial charge in [0.2, 0.25) is 5.56 Å². The lowest BCUT2D eigenvalue weighted by molar-refractivity contribution is -0.147. The molecule has 1 aromatic heterocycles. The summed E-state index contributed by atoms with van der Waals surface area (Å²) in [5.74, 6) is -0.798. The average molecular weight is 223 g/mol. The predicted octanol–water partition coefficient (Wildman–Crippen LogP) is 1.74. The third kappa shape index (κ3) is 3.22. The summed E-state index contributed by atoms with van der Waals surface area (Å²) < 4.78 is 1.60. The second-order valence-electron chi connectivity index (χ2n) is 4.52. The number of carboxylic acid groups (broad SMARTS) is 1. The Morgan fingerprint density at radius 3 is 2.69 bits per heavy atom. The molecule has 0 aliphatic heterocycles. The molecule has 0 unspecified atom stereocenters. The van der Waals surface area contributed by atoms with Gasteiger partial charge in [0.25, 0.3) is 0 Å². The van der Waals surface area contributed by atoms with E-state index >= 15 is 0 Å². The van der Waals surface area contributed by atoms with E-state index in [-0.39, 0.29) is 5.56 Å². The summed E-state index contributed by atoms with van der Waals surface area (Å²) >= 11 is 0. The van der Waals surface area contributed by atoms with Gasteiger partial charge in [-0.1, -0.05) is 6.07 Å². The fourth-order valence-corrected chi connectivity index (χ4v) is 1.44. The molecule has 1 heterocycles. The summed E-state index contributed by atoms with van der Waals surface area (Å²) in [6.07, 6.45) is 2.96. The van der Waals surface area contributed by atoms with Crippen LogP contribution < -0.4 is 5.56 Å². The number of carbonyl (C=O) groups is 1. The van der Waals surface area contributed by atoms with Crippen LogP contribution in [0.25, 0.3) is 0 Å². The van der Waals surface area contributed by atoms with Gasteiger partial charge in [-0.2, -0.15) is 0 Å². The molecule has 0 spiro atoms. The Morgan fingerprint density at radius 1 is 1.44 bits per heavy atom. The molecule has 0 aliphatic carbocycles. The average Bonchev–Trinajstić information content (AvgIpc) is 2.20. The molecule has 4 nitrogen and oxygen atoms in total. The highest BCUT2D eigenvalue weighted by molar-refractivity contribution is 5.73. The first-order chi connectivity index (χ1) is 7.43. The van der Waals surface area contributed by atoms with E-state index in [0.29, 0.717) is 19.4 Å². The standard InChI is InChI=1S/C12H17NO3/c1-12(2,11(15)16)7-5-9-13-8-4-3-6-10(13)14/h3-4,6,8H,5,7,9H2,1-2H3,(H,15,16). The van der Waals surface area contributed by atoms with Crippen molar-refractivity contribution in [3.8, 4) is 0 Å². The van der Waals surface area contributed by atoms with Gasteiger partial charge in [-0.3, -0.25) is 9.59 Å². The lowest BCUT2D eigenvalue weighted by Gasteiger charge is -2.18. The maximum absolute atomic E-state index is 11.4. The summed E-state index contributed by atoms with van der Waals surface area (Å²) in [5, 5.41) is 8.92. The van der Waals surface area contributed by atoms with Crippen LogP contribution in [0.5, 0.6) is 0 Å². The molecule has 0 fully saturated rings. The van der Waals surface area contributed by atoms with Gasteiger partial charge in [-0.05, 0) is 32.8 Å². The maximum atomic E-state index is 11.4. The number of rotatable bonds is 5. The molecule has 0 saturated heterocycles. The van der Waals surface area contributed by atoms with Crippen LogP contribution in [0.4, 0.5) is 0 Å². The summed E-state index contributed by atoms with van der Waals surface area (Å²) in [4.78, 5) is 22.2. The highest BCUT2D eigenvalue weighted by Crippen LogP contribution is 2.22. The SMILES string of the molecule is CC(C)(CCCn1ccccc1=O)C(=O)O. The van der Waals surface area contributed by atoms with Crippen LogP contribution in [0, 0.1) is 5.41 Å². The number of aromatic nitrogens is 1. The van der Waals surface area contributed by atoms with E-state index in [1.54, 1.807) is 36.7 Å². The number of aliphatic carboxylic acids is 1. The Labute approximate surface area is 94.5 Å². The Morgan fingerprint density at radius 2 is 2.12 bits per heavy atom. The number of aryl methyl sites for hydroxylation is 1. The van der Waals surface area contributed by atoms with Crippen molar-refractivity contribution in [1.82, 2.24) is 4.57 Å². The minimum atomic E-state index is -0.798. The van der Waals surface area contributed by atoms with Crippen LogP contribution in [0.1, 0.15) is 26.7 Å². The Balaban J connectivity index is 2.51. The maximum Gasteiger partial charge on any atom is 0.309 e. The smallest absolute Gasteiger partial charge is 0.309 e. The summed E-state index contributed by atoms with van der Waals surface area (Å²) in [7, 11) is 0. The molecule has 0 radical (unpaired) electrons. The van der Waals surface area contributed by atoms with Gasteiger partial charge >= 0.3 is 5.97 Å². The Kier molecular flexibility index (Phi) is 3.88. The van der Waals surface area contributed by atoms with Crippen LogP contribution in [-0.2, 0) is 11.3 Å². The lowest BCUT2D eigenvalue weighted by atomic mass is 9.88. The number of pyridine rings is 1. The predicted molar refractivity (Wildman–Crippen MR) is 61.4 cm³/mol. The van der Waals surface area contributed by atoms with E-state index in [1.165, 1.54) is 6.07 Å². The van der Waals surface area contributed by atoms with Crippen LogP contribution in [0.15, 0.2) is 29.2 Å². The topological polar surface area (TPSA) is 59.3 Å². The second kappa shape index (κ2) is 4.96. The fourth-order valence-electron chi connectivity index (χ4n) is 1.44. The van der Waals surface area contributed by atoms with Gasteiger partial charge in [0, 0.05) is 18.8 Å². The molecule has 1 N–H and O–H groups in total. The van der Waals surface area contributed by atoms with E-state index in [9.17, 15) is 9.59 Å². The molecule has 1 aromatic rings. The Hall–Kier alpha value is -1.58. The van der Waals surface area contributed by atoms with Crippen molar-refractivity contribution < 1.29 is 9.90 Å². The molecule has 88 valence electrons. The number of hydrogen-bond acceptors (Lipinski definition) is 2. The first-order valence-corrected chi connectivity index (χ1v) is 5.32. The van der Waals surface area contributed by atoms with Gasteiger partial charge in [-0.15, -0.1) is 0 Å². The molecule has 4 heteroatoms. The minimum absolute atomic E-state index is 0.0457. The van der Waals surface area contributed by atoms with Crippen molar-refractivity contribution in [2.45, 2.75) is 33.2 Å². The van der Waals surface area contributed by atoms with E-state index in [1.807, 2.05) is 0 Å². The molecule has 16 heavy (non-hydrogen) atoms. The highest BCUT2D eigenvalue weighted by Gasteiger charge is 2.26. The fraction of sp³-hybridized carbons (Fsp3) is 0.500. The van der Waals surface area contributed by atoms with Gasteiger partial charge in [-0.25, -0.2) is 0 Å². The van der Waals surface area contributed by atoms with Crippen molar-refractivity contribution in [3.63, 3.8) is 0 Å². The third-order valence-corrected chi connectivity index (χ3v) is 2.68. The van der Waals surface area contributed by atoms with Gasteiger partial charge in [0.05, 0.1) is 5.41 Å². The zero-order valence-corrected chi connectivity index (χ0v) is 9.64. The molecule has 0 saturated carbocycles. The zero-order valence-electron chi connectivity index (χ0n) is 9.64. The highest BCUT2D eigenvalue weighted by atomic mass is 16.4. The first-order valence-electron chi connectivity index (χ1n) is 5.32. The first kappa shape index (κ1) is 12.5. The largest absolute Gasteiger partial charge is 0.481 e. The van der Waals surface area contributed by atoms with Crippen molar-refractivity contribution >= 4 is 5.97 Å². The summed E-state index contributed by atoms with van der Waals surface area (Å²) in [5.41, 5.74) is -0.770. The summed E-state index contributed by atoms with van der Waals surface area (Å²) in [6, 6.07) is 4.99. The minimum Gasteiger partial charge on any atom is -0.481 e. The molecule has 0 aliphatic rings. The normalized spacial score (nSPS) is 11.4.